The van der Waals surface area contributed by atoms with Crippen LogP contribution in [0.2, 0.25) is 0 Å². The molecule has 1 atom stereocenters. The lowest BCUT2D eigenvalue weighted by atomic mass is 9.96. The molecule has 1 aliphatic heterocycles. The van der Waals surface area contributed by atoms with Crippen LogP contribution in [0.25, 0.3) is 0 Å². The summed E-state index contributed by atoms with van der Waals surface area (Å²) in [4.78, 5) is 0. The van der Waals surface area contributed by atoms with Crippen molar-refractivity contribution in [2.45, 2.75) is 25.4 Å². The summed E-state index contributed by atoms with van der Waals surface area (Å²) in [5, 5.41) is 11.8. The van der Waals surface area contributed by atoms with Gasteiger partial charge in [-0.05, 0) is 26.3 Å². The third-order valence-electron chi connectivity index (χ3n) is 2.10. The molecule has 1 saturated heterocycles. The first-order valence-corrected chi connectivity index (χ1v) is 4.22. The molecule has 66 valence electrons. The molecule has 0 aliphatic carbocycles. The highest BCUT2D eigenvalue weighted by Gasteiger charge is 2.26. The first-order valence-electron chi connectivity index (χ1n) is 4.22. The van der Waals surface area contributed by atoms with E-state index in [1.54, 1.807) is 0 Å². The Hall–Kier alpha value is -0.120. The van der Waals surface area contributed by atoms with Gasteiger partial charge in [0.15, 0.2) is 0 Å². The van der Waals surface area contributed by atoms with Gasteiger partial charge in [-0.15, -0.1) is 0 Å². The van der Waals surface area contributed by atoms with Gasteiger partial charge in [-0.2, -0.15) is 0 Å². The van der Waals surface area contributed by atoms with Crippen LogP contribution in [0, 0.1) is 0 Å². The van der Waals surface area contributed by atoms with Crippen molar-refractivity contribution in [3.63, 3.8) is 0 Å². The summed E-state index contributed by atoms with van der Waals surface area (Å²) in [7, 11) is 0. The minimum Gasteiger partial charge on any atom is -0.394 e. The van der Waals surface area contributed by atoms with Crippen LogP contribution in [0.15, 0.2) is 0 Å². The topological polar surface area (TPSA) is 41.5 Å². The maximum Gasteiger partial charge on any atom is 0.0779 e. The predicted octanol–water partition coefficient (Wildman–Crippen LogP) is 0.137. The van der Waals surface area contributed by atoms with E-state index in [4.69, 9.17) is 9.84 Å². The van der Waals surface area contributed by atoms with Gasteiger partial charge < -0.3 is 15.2 Å². The highest BCUT2D eigenvalue weighted by Crippen LogP contribution is 2.19. The third kappa shape index (κ3) is 2.77. The van der Waals surface area contributed by atoms with E-state index in [9.17, 15) is 0 Å². The summed E-state index contributed by atoms with van der Waals surface area (Å²) in [6, 6.07) is 0. The van der Waals surface area contributed by atoms with Gasteiger partial charge in [0.1, 0.15) is 0 Å². The second-order valence-corrected chi connectivity index (χ2v) is 3.30. The van der Waals surface area contributed by atoms with Gasteiger partial charge in [0.2, 0.25) is 0 Å². The van der Waals surface area contributed by atoms with E-state index in [1.165, 1.54) is 6.42 Å². The molecule has 0 radical (unpaired) electrons. The van der Waals surface area contributed by atoms with E-state index in [0.717, 1.165) is 19.5 Å². The average molecular weight is 159 g/mol. The van der Waals surface area contributed by atoms with Crippen molar-refractivity contribution in [1.29, 1.82) is 0 Å². The normalized spacial score (nSPS) is 32.2. The number of hydrogen-bond donors (Lipinski definition) is 2. The van der Waals surface area contributed by atoms with E-state index in [0.29, 0.717) is 6.61 Å². The quantitative estimate of drug-likeness (QED) is 0.615. The third-order valence-corrected chi connectivity index (χ3v) is 2.10. The molecule has 0 aromatic carbocycles. The van der Waals surface area contributed by atoms with Crippen LogP contribution < -0.4 is 5.32 Å². The largest absolute Gasteiger partial charge is 0.394 e. The van der Waals surface area contributed by atoms with Gasteiger partial charge >= 0.3 is 0 Å². The van der Waals surface area contributed by atoms with E-state index in [1.807, 2.05) is 0 Å². The Morgan fingerprint density at radius 1 is 1.64 bits per heavy atom. The molecular weight excluding hydrogens is 142 g/mol. The number of nitrogens with one attached hydrogen (secondary N) is 1. The standard InChI is InChI=1S/C8H17NO2/c1-8(11-6-5-10)3-2-4-9-7-8/h9-10H,2-7H2,1H3/t8-/m1/s1. The van der Waals surface area contributed by atoms with Gasteiger partial charge in [-0.1, -0.05) is 0 Å². The van der Waals surface area contributed by atoms with Crippen molar-refractivity contribution in [2.24, 2.45) is 0 Å². The fourth-order valence-electron chi connectivity index (χ4n) is 1.44. The summed E-state index contributed by atoms with van der Waals surface area (Å²) >= 11 is 0. The molecule has 11 heavy (non-hydrogen) atoms. The molecule has 0 spiro atoms. The van der Waals surface area contributed by atoms with E-state index in [-0.39, 0.29) is 12.2 Å². The van der Waals surface area contributed by atoms with Gasteiger partial charge in [0.25, 0.3) is 0 Å². The fourth-order valence-corrected chi connectivity index (χ4v) is 1.44. The van der Waals surface area contributed by atoms with E-state index < -0.39 is 0 Å². The van der Waals surface area contributed by atoms with Crippen LogP contribution >= 0.6 is 0 Å². The molecule has 1 rings (SSSR count). The molecule has 0 saturated carbocycles. The zero-order chi connectivity index (χ0) is 8.16. The molecule has 2 N–H and O–H groups in total. The zero-order valence-electron chi connectivity index (χ0n) is 7.10. The van der Waals surface area contributed by atoms with Crippen LogP contribution in [0.4, 0.5) is 0 Å². The highest BCUT2D eigenvalue weighted by molar-refractivity contribution is 4.82. The molecule has 0 aromatic rings. The second kappa shape index (κ2) is 4.04. The number of aliphatic hydroxyl groups excluding tert-OH is 1. The summed E-state index contributed by atoms with van der Waals surface area (Å²) in [5.74, 6) is 0. The monoisotopic (exact) mass is 159 g/mol. The molecule has 3 heteroatoms. The molecule has 0 unspecified atom stereocenters. The van der Waals surface area contributed by atoms with Crippen molar-refractivity contribution in [3.8, 4) is 0 Å². The molecule has 0 amide bonds. The average Bonchev–Trinajstić information content (AvgIpc) is 2.03. The number of rotatable bonds is 3. The first kappa shape index (κ1) is 8.97. The lowest BCUT2D eigenvalue weighted by Gasteiger charge is -2.33. The van der Waals surface area contributed by atoms with Crippen molar-refractivity contribution in [2.75, 3.05) is 26.3 Å². The second-order valence-electron chi connectivity index (χ2n) is 3.30. The molecule has 0 aromatic heterocycles. The summed E-state index contributed by atoms with van der Waals surface area (Å²) in [5.41, 5.74) is -0.0407. The van der Waals surface area contributed by atoms with Crippen molar-refractivity contribution >= 4 is 0 Å². The van der Waals surface area contributed by atoms with Crippen LogP contribution in [0.1, 0.15) is 19.8 Å². The van der Waals surface area contributed by atoms with E-state index in [2.05, 4.69) is 12.2 Å². The summed E-state index contributed by atoms with van der Waals surface area (Å²) in [6.45, 7) is 4.67. The number of hydrogen-bond acceptors (Lipinski definition) is 3. The number of aliphatic hydroxyl groups is 1. The SMILES string of the molecule is C[C@@]1(OCCO)CCCNC1. The lowest BCUT2D eigenvalue weighted by Crippen LogP contribution is -2.45. The van der Waals surface area contributed by atoms with Gasteiger partial charge in [-0.25, -0.2) is 0 Å². The minimum atomic E-state index is -0.0407. The minimum absolute atomic E-state index is 0.0407. The highest BCUT2D eigenvalue weighted by atomic mass is 16.5. The Bertz CT molecular complexity index is 111. The smallest absolute Gasteiger partial charge is 0.0779 e. The van der Waals surface area contributed by atoms with Gasteiger partial charge in [-0.3, -0.25) is 0 Å². The fraction of sp³-hybridized carbons (Fsp3) is 1.00. The van der Waals surface area contributed by atoms with E-state index >= 15 is 0 Å². The van der Waals surface area contributed by atoms with Crippen molar-refractivity contribution in [1.82, 2.24) is 5.32 Å². The van der Waals surface area contributed by atoms with Crippen LogP contribution in [-0.2, 0) is 4.74 Å². The summed E-state index contributed by atoms with van der Waals surface area (Å²) < 4.78 is 5.51. The molecule has 0 bridgehead atoms. The number of ether oxygens (including phenoxy) is 1. The molecule has 1 heterocycles. The van der Waals surface area contributed by atoms with Crippen molar-refractivity contribution < 1.29 is 9.84 Å². The molecule has 1 aliphatic rings. The van der Waals surface area contributed by atoms with Crippen LogP contribution in [0.5, 0.6) is 0 Å². The maximum absolute atomic E-state index is 8.57. The molecule has 3 nitrogen and oxygen atoms in total. The van der Waals surface area contributed by atoms with Gasteiger partial charge in [0.05, 0.1) is 18.8 Å². The lowest BCUT2D eigenvalue weighted by molar-refractivity contribution is -0.0584. The van der Waals surface area contributed by atoms with Gasteiger partial charge in [0, 0.05) is 6.54 Å². The van der Waals surface area contributed by atoms with Crippen molar-refractivity contribution in [3.05, 3.63) is 0 Å². The Labute approximate surface area is 67.7 Å². The molecular formula is C8H17NO2. The van der Waals surface area contributed by atoms with Crippen LogP contribution in [0.3, 0.4) is 0 Å². The Balaban J connectivity index is 2.25. The van der Waals surface area contributed by atoms with Crippen LogP contribution in [-0.4, -0.2) is 37.0 Å². The summed E-state index contributed by atoms with van der Waals surface area (Å²) in [6.07, 6.45) is 2.27. The Kier molecular flexibility index (Phi) is 3.30. The Morgan fingerprint density at radius 3 is 3.00 bits per heavy atom. The molecule has 1 fully saturated rings. The number of piperidine rings is 1. The zero-order valence-corrected chi connectivity index (χ0v) is 7.10. The maximum atomic E-state index is 8.57. The predicted molar refractivity (Wildman–Crippen MR) is 43.5 cm³/mol. The Morgan fingerprint density at radius 2 is 2.45 bits per heavy atom. The first-order chi connectivity index (χ1) is 5.27.